The Labute approximate surface area is 122 Å². The van der Waals surface area contributed by atoms with Crippen molar-refractivity contribution in [1.82, 2.24) is 9.88 Å². The Bertz CT molecular complexity index is 574. The summed E-state index contributed by atoms with van der Waals surface area (Å²) in [6.45, 7) is 12.9. The van der Waals surface area contributed by atoms with Gasteiger partial charge < -0.3 is 10.2 Å². The molecule has 0 atom stereocenters. The first kappa shape index (κ1) is 14.8. The van der Waals surface area contributed by atoms with Crippen LogP contribution in [0.1, 0.15) is 25.0 Å². The molecule has 0 aliphatic rings. The molecule has 1 N–H and O–H groups in total. The first-order valence-electron chi connectivity index (χ1n) is 7.49. The number of rotatable bonds is 6. The number of nitrogens with zero attached hydrogens (tertiary/aromatic N) is 2. The normalized spacial score (nSPS) is 11.2. The smallest absolute Gasteiger partial charge is 0.126 e. The Morgan fingerprint density at radius 1 is 1.10 bits per heavy atom. The van der Waals surface area contributed by atoms with Gasteiger partial charge in [-0.05, 0) is 44.1 Å². The molecule has 0 spiro atoms. The fraction of sp³-hybridized carbons (Fsp3) is 0.471. The van der Waals surface area contributed by atoms with Crippen LogP contribution in [0.25, 0.3) is 10.9 Å². The number of hydrogen-bond acceptors (Lipinski definition) is 3. The van der Waals surface area contributed by atoms with Crippen molar-refractivity contribution in [3.8, 4) is 0 Å². The first-order chi connectivity index (χ1) is 9.65. The van der Waals surface area contributed by atoms with Crippen molar-refractivity contribution in [3.05, 3.63) is 35.4 Å². The second-order valence-electron chi connectivity index (χ2n) is 5.25. The third-order valence-electron chi connectivity index (χ3n) is 3.88. The topological polar surface area (TPSA) is 28.2 Å². The molecule has 0 saturated heterocycles. The van der Waals surface area contributed by atoms with Crippen LogP contribution in [0.2, 0.25) is 0 Å². The van der Waals surface area contributed by atoms with Gasteiger partial charge in [0.2, 0.25) is 0 Å². The summed E-state index contributed by atoms with van der Waals surface area (Å²) in [6.07, 6.45) is 0. The van der Waals surface area contributed by atoms with Gasteiger partial charge in [-0.3, -0.25) is 0 Å². The molecule has 1 aromatic carbocycles. The minimum Gasteiger partial charge on any atom is -0.369 e. The monoisotopic (exact) mass is 271 g/mol. The van der Waals surface area contributed by atoms with E-state index < -0.39 is 0 Å². The number of benzene rings is 1. The molecule has 0 aliphatic heterocycles. The zero-order valence-electron chi connectivity index (χ0n) is 13.0. The molecule has 3 heteroatoms. The number of aromatic nitrogens is 1. The number of para-hydroxylation sites is 1. The van der Waals surface area contributed by atoms with Crippen LogP contribution >= 0.6 is 0 Å². The molecule has 0 aliphatic carbocycles. The van der Waals surface area contributed by atoms with Gasteiger partial charge in [0.05, 0.1) is 5.52 Å². The molecule has 20 heavy (non-hydrogen) atoms. The Balaban J connectivity index is 2.13. The molecule has 108 valence electrons. The van der Waals surface area contributed by atoms with E-state index >= 15 is 0 Å². The van der Waals surface area contributed by atoms with Crippen LogP contribution in [-0.2, 0) is 0 Å². The second kappa shape index (κ2) is 6.71. The van der Waals surface area contributed by atoms with E-state index in [-0.39, 0.29) is 0 Å². The number of hydrogen-bond donors (Lipinski definition) is 1. The third kappa shape index (κ3) is 3.28. The molecular weight excluding hydrogens is 246 g/mol. The predicted molar refractivity (Wildman–Crippen MR) is 87.5 cm³/mol. The highest BCUT2D eigenvalue weighted by Gasteiger charge is 2.05. The zero-order chi connectivity index (χ0) is 14.5. The summed E-state index contributed by atoms with van der Waals surface area (Å²) in [6, 6.07) is 8.50. The minimum absolute atomic E-state index is 0.936. The molecule has 0 radical (unpaired) electrons. The average Bonchev–Trinajstić information content (AvgIpc) is 2.45. The second-order valence-corrected chi connectivity index (χ2v) is 5.25. The molecule has 0 saturated carbocycles. The van der Waals surface area contributed by atoms with Crippen molar-refractivity contribution in [2.45, 2.75) is 27.7 Å². The molecule has 0 amide bonds. The molecule has 1 heterocycles. The van der Waals surface area contributed by atoms with Crippen LogP contribution < -0.4 is 5.32 Å². The van der Waals surface area contributed by atoms with Crippen LogP contribution in [0.4, 0.5) is 5.82 Å². The summed E-state index contributed by atoms with van der Waals surface area (Å²) in [5.74, 6) is 0.983. The molecular formula is C17H25N3. The molecule has 2 rings (SSSR count). The summed E-state index contributed by atoms with van der Waals surface area (Å²) in [5.41, 5.74) is 3.62. The molecule has 0 bridgehead atoms. The molecule has 3 nitrogen and oxygen atoms in total. The van der Waals surface area contributed by atoms with E-state index in [1.807, 2.05) is 0 Å². The fourth-order valence-corrected chi connectivity index (χ4v) is 2.53. The van der Waals surface area contributed by atoms with E-state index in [0.29, 0.717) is 0 Å². The SMILES string of the molecule is CCN(CC)CCNc1cc(C)c2cccc(C)c2n1. The lowest BCUT2D eigenvalue weighted by atomic mass is 10.1. The van der Waals surface area contributed by atoms with E-state index in [1.165, 1.54) is 16.5 Å². The van der Waals surface area contributed by atoms with Gasteiger partial charge in [0, 0.05) is 18.5 Å². The highest BCUT2D eigenvalue weighted by Crippen LogP contribution is 2.22. The van der Waals surface area contributed by atoms with E-state index in [2.05, 4.69) is 62.2 Å². The third-order valence-corrected chi connectivity index (χ3v) is 3.88. The zero-order valence-corrected chi connectivity index (χ0v) is 13.0. The number of aryl methyl sites for hydroxylation is 2. The Morgan fingerprint density at radius 2 is 1.85 bits per heavy atom. The fourth-order valence-electron chi connectivity index (χ4n) is 2.53. The molecule has 0 fully saturated rings. The summed E-state index contributed by atoms with van der Waals surface area (Å²) in [4.78, 5) is 7.16. The van der Waals surface area contributed by atoms with Crippen LogP contribution in [-0.4, -0.2) is 36.1 Å². The van der Waals surface area contributed by atoms with Crippen LogP contribution in [0, 0.1) is 13.8 Å². The molecule has 2 aromatic rings. The number of fused-ring (bicyclic) bond motifs is 1. The minimum atomic E-state index is 0.936. The first-order valence-corrected chi connectivity index (χ1v) is 7.49. The van der Waals surface area contributed by atoms with Crippen molar-refractivity contribution in [2.75, 3.05) is 31.5 Å². The maximum Gasteiger partial charge on any atom is 0.126 e. The van der Waals surface area contributed by atoms with Crippen LogP contribution in [0.15, 0.2) is 24.3 Å². The van der Waals surface area contributed by atoms with Crippen molar-refractivity contribution >= 4 is 16.7 Å². The van der Waals surface area contributed by atoms with E-state index in [4.69, 9.17) is 4.98 Å². The lowest BCUT2D eigenvalue weighted by Gasteiger charge is -2.18. The van der Waals surface area contributed by atoms with Gasteiger partial charge >= 0.3 is 0 Å². The standard InChI is InChI=1S/C17H25N3/c1-5-20(6-2)11-10-18-16-12-14(4)15-9-7-8-13(3)17(15)19-16/h7-9,12H,5-6,10-11H2,1-4H3,(H,18,19). The predicted octanol–water partition coefficient (Wildman–Crippen LogP) is 3.61. The summed E-state index contributed by atoms with van der Waals surface area (Å²) >= 11 is 0. The quantitative estimate of drug-likeness (QED) is 0.870. The summed E-state index contributed by atoms with van der Waals surface area (Å²) in [7, 11) is 0. The van der Waals surface area contributed by atoms with Crippen LogP contribution in [0.5, 0.6) is 0 Å². The van der Waals surface area contributed by atoms with Gasteiger partial charge in [-0.25, -0.2) is 4.98 Å². The number of likely N-dealkylation sites (N-methyl/N-ethyl adjacent to an activating group) is 1. The average molecular weight is 271 g/mol. The maximum absolute atomic E-state index is 4.75. The Morgan fingerprint density at radius 3 is 2.55 bits per heavy atom. The van der Waals surface area contributed by atoms with Crippen molar-refractivity contribution in [3.63, 3.8) is 0 Å². The number of anilines is 1. The number of nitrogens with one attached hydrogen (secondary N) is 1. The summed E-state index contributed by atoms with van der Waals surface area (Å²) in [5, 5.41) is 4.70. The largest absolute Gasteiger partial charge is 0.369 e. The van der Waals surface area contributed by atoms with Gasteiger partial charge in [-0.1, -0.05) is 32.0 Å². The van der Waals surface area contributed by atoms with Crippen molar-refractivity contribution in [1.29, 1.82) is 0 Å². The Hall–Kier alpha value is -1.61. The van der Waals surface area contributed by atoms with E-state index in [0.717, 1.165) is 37.5 Å². The number of pyridine rings is 1. The van der Waals surface area contributed by atoms with E-state index in [9.17, 15) is 0 Å². The highest BCUT2D eigenvalue weighted by molar-refractivity contribution is 5.86. The summed E-state index contributed by atoms with van der Waals surface area (Å²) < 4.78 is 0. The van der Waals surface area contributed by atoms with Crippen molar-refractivity contribution in [2.24, 2.45) is 0 Å². The molecule has 0 unspecified atom stereocenters. The molecule has 1 aromatic heterocycles. The maximum atomic E-state index is 4.75. The van der Waals surface area contributed by atoms with Gasteiger partial charge in [0.1, 0.15) is 5.82 Å². The lowest BCUT2D eigenvalue weighted by molar-refractivity contribution is 0.316. The van der Waals surface area contributed by atoms with Crippen LogP contribution in [0.3, 0.4) is 0 Å². The van der Waals surface area contributed by atoms with Gasteiger partial charge in [-0.2, -0.15) is 0 Å². The lowest BCUT2D eigenvalue weighted by Crippen LogP contribution is -2.28. The van der Waals surface area contributed by atoms with Gasteiger partial charge in [0.15, 0.2) is 0 Å². The van der Waals surface area contributed by atoms with E-state index in [1.54, 1.807) is 0 Å². The van der Waals surface area contributed by atoms with Gasteiger partial charge in [-0.15, -0.1) is 0 Å². The highest BCUT2D eigenvalue weighted by atomic mass is 15.1. The van der Waals surface area contributed by atoms with Crippen molar-refractivity contribution < 1.29 is 0 Å². The Kier molecular flexibility index (Phi) is 4.96. The van der Waals surface area contributed by atoms with Gasteiger partial charge in [0.25, 0.3) is 0 Å².